The molecule has 0 spiro atoms. The van der Waals surface area contributed by atoms with Crippen LogP contribution in [0.25, 0.3) is 0 Å². The van der Waals surface area contributed by atoms with E-state index in [1.54, 1.807) is 11.0 Å². The summed E-state index contributed by atoms with van der Waals surface area (Å²) in [5.74, 6) is 0.862. The molecule has 1 aliphatic heterocycles. The van der Waals surface area contributed by atoms with Gasteiger partial charge in [-0.05, 0) is 45.0 Å². The van der Waals surface area contributed by atoms with Gasteiger partial charge in [0.1, 0.15) is 17.2 Å². The van der Waals surface area contributed by atoms with Crippen molar-refractivity contribution < 1.29 is 17.9 Å². The van der Waals surface area contributed by atoms with Crippen LogP contribution in [0.2, 0.25) is 0 Å². The maximum absolute atomic E-state index is 12.3. The average molecular weight is 512 g/mol. The molecule has 0 unspecified atom stereocenters. The molecule has 1 amide bonds. The smallest absolute Gasteiger partial charge is 0.410 e. The van der Waals surface area contributed by atoms with E-state index in [1.807, 2.05) is 49.9 Å². The number of amides is 1. The van der Waals surface area contributed by atoms with Crippen molar-refractivity contribution in [2.75, 3.05) is 42.7 Å². The molecule has 2 aromatic rings. The third-order valence-corrected chi connectivity index (χ3v) is 5.77. The van der Waals surface area contributed by atoms with E-state index in [4.69, 9.17) is 4.74 Å². The van der Waals surface area contributed by atoms with E-state index in [0.29, 0.717) is 37.8 Å². The first-order valence-corrected chi connectivity index (χ1v) is 12.4. The minimum atomic E-state index is -3.61. The Hall–Kier alpha value is -2.40. The van der Waals surface area contributed by atoms with Crippen LogP contribution in [0.1, 0.15) is 20.8 Å². The van der Waals surface area contributed by atoms with Gasteiger partial charge in [-0.3, -0.25) is 0 Å². The van der Waals surface area contributed by atoms with E-state index in [2.05, 4.69) is 31.2 Å². The summed E-state index contributed by atoms with van der Waals surface area (Å²) in [6.07, 6.45) is 0.722. The number of nitrogens with zero attached hydrogens (tertiary/aromatic N) is 4. The molecule has 1 aromatic carbocycles. The standard InChI is InChI=1S/C20H26BrN5O4S/c1-20(2,3)30-19(27)26-11-9-25(10-12-26)17-13-16(23-18(24-17)31(4,28)29)22-15-7-5-14(21)6-8-15/h5-8,13H,9-12H2,1-4H3,(H,22,23,24). The molecular weight excluding hydrogens is 486 g/mol. The van der Waals surface area contributed by atoms with Crippen molar-refractivity contribution in [3.8, 4) is 0 Å². The molecule has 1 fully saturated rings. The van der Waals surface area contributed by atoms with Crippen molar-refractivity contribution in [2.45, 2.75) is 31.5 Å². The zero-order valence-corrected chi connectivity index (χ0v) is 20.3. The number of ether oxygens (including phenoxy) is 1. The molecule has 2 heterocycles. The average Bonchev–Trinajstić information content (AvgIpc) is 2.68. The van der Waals surface area contributed by atoms with Crippen molar-refractivity contribution in [1.82, 2.24) is 14.9 Å². The lowest BCUT2D eigenvalue weighted by Gasteiger charge is -2.36. The van der Waals surface area contributed by atoms with E-state index in [1.165, 1.54) is 0 Å². The molecule has 11 heteroatoms. The number of piperazine rings is 1. The lowest BCUT2D eigenvalue weighted by atomic mass is 10.2. The minimum absolute atomic E-state index is 0.251. The fourth-order valence-corrected chi connectivity index (χ4v) is 3.72. The number of halogens is 1. The van der Waals surface area contributed by atoms with Gasteiger partial charge in [0.05, 0.1) is 0 Å². The zero-order valence-electron chi connectivity index (χ0n) is 17.9. The largest absolute Gasteiger partial charge is 0.444 e. The normalized spacial score (nSPS) is 15.0. The Morgan fingerprint density at radius 2 is 1.71 bits per heavy atom. The molecule has 0 aliphatic carbocycles. The first kappa shape index (κ1) is 23.3. The van der Waals surface area contributed by atoms with Gasteiger partial charge in [-0.25, -0.2) is 23.2 Å². The second-order valence-corrected chi connectivity index (χ2v) is 11.1. The number of anilines is 3. The molecular formula is C20H26BrN5O4S. The number of hydrogen-bond acceptors (Lipinski definition) is 8. The van der Waals surface area contributed by atoms with Crippen molar-refractivity contribution in [3.05, 3.63) is 34.8 Å². The second kappa shape index (κ2) is 8.99. The van der Waals surface area contributed by atoms with Crippen LogP contribution < -0.4 is 10.2 Å². The Kier molecular flexibility index (Phi) is 6.75. The number of carbonyl (C=O) groups excluding carboxylic acids is 1. The molecule has 0 saturated carbocycles. The molecule has 1 aliphatic rings. The molecule has 31 heavy (non-hydrogen) atoms. The van der Waals surface area contributed by atoms with E-state index in [-0.39, 0.29) is 11.2 Å². The van der Waals surface area contributed by atoms with Crippen molar-refractivity contribution >= 4 is 49.2 Å². The van der Waals surface area contributed by atoms with Crippen LogP contribution in [0.5, 0.6) is 0 Å². The molecule has 9 nitrogen and oxygen atoms in total. The second-order valence-electron chi connectivity index (χ2n) is 8.25. The van der Waals surface area contributed by atoms with Crippen LogP contribution in [0.15, 0.2) is 40.0 Å². The number of benzene rings is 1. The third-order valence-electron chi connectivity index (χ3n) is 4.40. The Morgan fingerprint density at radius 3 is 2.26 bits per heavy atom. The summed E-state index contributed by atoms with van der Waals surface area (Å²) in [6.45, 7) is 7.37. The summed E-state index contributed by atoms with van der Waals surface area (Å²) in [6, 6.07) is 9.16. The van der Waals surface area contributed by atoms with Crippen molar-refractivity contribution in [1.29, 1.82) is 0 Å². The highest BCUT2D eigenvalue weighted by molar-refractivity contribution is 9.10. The molecule has 0 atom stereocenters. The van der Waals surface area contributed by atoms with Gasteiger partial charge in [-0.15, -0.1) is 0 Å². The highest BCUT2D eigenvalue weighted by Crippen LogP contribution is 2.24. The lowest BCUT2D eigenvalue weighted by molar-refractivity contribution is 0.0240. The summed E-state index contributed by atoms with van der Waals surface area (Å²) < 4.78 is 30.6. The summed E-state index contributed by atoms with van der Waals surface area (Å²) in [4.78, 5) is 24.3. The summed E-state index contributed by atoms with van der Waals surface area (Å²) in [7, 11) is -3.61. The van der Waals surface area contributed by atoms with Crippen molar-refractivity contribution in [3.63, 3.8) is 0 Å². The molecule has 0 bridgehead atoms. The molecule has 1 N–H and O–H groups in total. The van der Waals surface area contributed by atoms with Crippen molar-refractivity contribution in [2.24, 2.45) is 0 Å². The van der Waals surface area contributed by atoms with Gasteiger partial charge in [0.25, 0.3) is 5.16 Å². The molecule has 0 radical (unpaired) electrons. The van der Waals surface area contributed by atoms with Crippen LogP contribution in [0.4, 0.5) is 22.1 Å². The van der Waals surface area contributed by atoms with Crippen LogP contribution in [-0.2, 0) is 14.6 Å². The van der Waals surface area contributed by atoms with Gasteiger partial charge in [0.2, 0.25) is 9.84 Å². The van der Waals surface area contributed by atoms with Gasteiger partial charge < -0.3 is 19.9 Å². The van der Waals surface area contributed by atoms with Gasteiger partial charge >= 0.3 is 6.09 Å². The number of sulfone groups is 1. The maximum atomic E-state index is 12.3. The molecule has 1 aromatic heterocycles. The highest BCUT2D eigenvalue weighted by Gasteiger charge is 2.27. The zero-order chi connectivity index (χ0) is 22.8. The minimum Gasteiger partial charge on any atom is -0.444 e. The molecule has 1 saturated heterocycles. The Morgan fingerprint density at radius 1 is 1.10 bits per heavy atom. The number of carbonyl (C=O) groups is 1. The summed E-state index contributed by atoms with van der Waals surface area (Å²) in [5.41, 5.74) is 0.209. The molecule has 3 rings (SSSR count). The number of aromatic nitrogens is 2. The summed E-state index contributed by atoms with van der Waals surface area (Å²) >= 11 is 3.39. The van der Waals surface area contributed by atoms with E-state index in [9.17, 15) is 13.2 Å². The van der Waals surface area contributed by atoms with Crippen LogP contribution in [0.3, 0.4) is 0 Å². The van der Waals surface area contributed by atoms with E-state index < -0.39 is 15.4 Å². The van der Waals surface area contributed by atoms with Crippen LogP contribution in [0, 0.1) is 0 Å². The van der Waals surface area contributed by atoms with E-state index in [0.717, 1.165) is 16.4 Å². The van der Waals surface area contributed by atoms with Gasteiger partial charge in [0.15, 0.2) is 0 Å². The maximum Gasteiger partial charge on any atom is 0.410 e. The number of rotatable bonds is 4. The van der Waals surface area contributed by atoms with Gasteiger partial charge in [-0.1, -0.05) is 15.9 Å². The summed E-state index contributed by atoms with van der Waals surface area (Å²) in [5, 5.41) is 2.88. The lowest BCUT2D eigenvalue weighted by Crippen LogP contribution is -2.50. The Labute approximate surface area is 190 Å². The third kappa shape index (κ3) is 6.54. The topological polar surface area (TPSA) is 105 Å². The SMILES string of the molecule is CC(C)(C)OC(=O)N1CCN(c2cc(Nc3ccc(Br)cc3)nc(S(C)(=O)=O)n2)CC1. The fourth-order valence-electron chi connectivity index (χ4n) is 2.93. The Bertz CT molecular complexity index is 1050. The Balaban J connectivity index is 1.79. The highest BCUT2D eigenvalue weighted by atomic mass is 79.9. The first-order valence-electron chi connectivity index (χ1n) is 9.75. The number of nitrogens with one attached hydrogen (secondary N) is 1. The van der Waals surface area contributed by atoms with Crippen LogP contribution in [-0.4, -0.2) is 67.4 Å². The predicted molar refractivity (Wildman–Crippen MR) is 123 cm³/mol. The fraction of sp³-hybridized carbons (Fsp3) is 0.450. The van der Waals surface area contributed by atoms with Gasteiger partial charge in [0, 0.05) is 48.7 Å². The first-order chi connectivity index (χ1) is 14.4. The monoisotopic (exact) mass is 511 g/mol. The van der Waals surface area contributed by atoms with E-state index >= 15 is 0 Å². The van der Waals surface area contributed by atoms with Gasteiger partial charge in [-0.2, -0.15) is 0 Å². The molecule has 168 valence electrons. The predicted octanol–water partition coefficient (Wildman–Crippen LogP) is 3.44. The number of hydrogen-bond donors (Lipinski definition) is 1. The van der Waals surface area contributed by atoms with Crippen LogP contribution >= 0.6 is 15.9 Å². The quantitative estimate of drug-likeness (QED) is 0.622.